The van der Waals surface area contributed by atoms with E-state index in [1.54, 1.807) is 0 Å². The van der Waals surface area contributed by atoms with Crippen LogP contribution in [0.25, 0.3) is 0 Å². The van der Waals surface area contributed by atoms with Crippen molar-refractivity contribution in [2.45, 2.75) is 30.6 Å². The third-order valence-electron chi connectivity index (χ3n) is 6.12. The van der Waals surface area contributed by atoms with Crippen LogP contribution in [-0.4, -0.2) is 76.4 Å². The van der Waals surface area contributed by atoms with Crippen LogP contribution in [0.3, 0.4) is 0 Å². The van der Waals surface area contributed by atoms with Crippen LogP contribution < -0.4 is 10.2 Å². The zero-order valence-corrected chi connectivity index (χ0v) is 20.6. The number of carbonyl (C=O) groups is 1. The number of para-hydroxylation sites is 1. The largest absolute Gasteiger partial charge is 0.369 e. The molecular formula is C25H35FN4O3S. The zero-order valence-electron chi connectivity index (χ0n) is 19.8. The fourth-order valence-corrected chi connectivity index (χ4v) is 5.22. The number of rotatable bonds is 12. The SMILES string of the molecule is CN(CCCC(=O)NCCCCN1CCN(c2ccccc2)CC1)S(=O)(=O)c1ccc(F)cc1. The van der Waals surface area contributed by atoms with Crippen LogP contribution in [0.5, 0.6) is 0 Å². The second-order valence-corrected chi connectivity index (χ2v) is 10.7. The number of unbranched alkanes of at least 4 members (excludes halogenated alkanes) is 1. The standard InChI is InChI=1S/C25H35FN4O3S/c1-28(34(32,33)24-13-11-22(26)12-14-24)16-7-10-25(31)27-15-5-6-17-29-18-20-30(21-19-29)23-8-3-2-4-9-23/h2-4,8-9,11-14H,5-7,10,15-21H2,1H3,(H,27,31). The summed E-state index contributed by atoms with van der Waals surface area (Å²) in [6.45, 7) is 6.06. The van der Waals surface area contributed by atoms with Crippen LogP contribution in [-0.2, 0) is 14.8 Å². The quantitative estimate of drug-likeness (QED) is 0.463. The molecular weight excluding hydrogens is 455 g/mol. The molecule has 9 heteroatoms. The number of carbonyl (C=O) groups excluding carboxylic acids is 1. The number of piperazine rings is 1. The monoisotopic (exact) mass is 490 g/mol. The van der Waals surface area contributed by atoms with Gasteiger partial charge in [0.15, 0.2) is 0 Å². The third-order valence-corrected chi connectivity index (χ3v) is 7.99. The highest BCUT2D eigenvalue weighted by Gasteiger charge is 2.20. The number of amides is 1. The molecule has 0 saturated carbocycles. The van der Waals surface area contributed by atoms with E-state index in [0.717, 1.165) is 57.7 Å². The first-order valence-electron chi connectivity index (χ1n) is 11.9. The summed E-state index contributed by atoms with van der Waals surface area (Å²) in [4.78, 5) is 17.0. The van der Waals surface area contributed by atoms with Gasteiger partial charge in [-0.15, -0.1) is 0 Å². The predicted octanol–water partition coefficient (Wildman–Crippen LogP) is 2.95. The first kappa shape index (κ1) is 26.1. The second-order valence-electron chi connectivity index (χ2n) is 8.61. The van der Waals surface area contributed by atoms with E-state index in [1.165, 1.54) is 29.2 Å². The Kier molecular flexibility index (Phi) is 9.86. The summed E-state index contributed by atoms with van der Waals surface area (Å²) < 4.78 is 39.2. The fourth-order valence-electron chi connectivity index (χ4n) is 4.01. The molecule has 186 valence electrons. The Hall–Kier alpha value is -2.49. The Bertz CT molecular complexity index is 995. The van der Waals surface area contributed by atoms with Crippen molar-refractivity contribution < 1.29 is 17.6 Å². The van der Waals surface area contributed by atoms with Crippen LogP contribution >= 0.6 is 0 Å². The molecule has 1 saturated heterocycles. The van der Waals surface area contributed by atoms with Gasteiger partial charge in [0.05, 0.1) is 4.90 Å². The lowest BCUT2D eigenvalue weighted by Crippen LogP contribution is -2.46. The Morgan fingerprint density at radius 1 is 0.971 bits per heavy atom. The van der Waals surface area contributed by atoms with E-state index in [9.17, 15) is 17.6 Å². The molecule has 0 unspecified atom stereocenters. The van der Waals surface area contributed by atoms with Gasteiger partial charge in [-0.2, -0.15) is 0 Å². The van der Waals surface area contributed by atoms with E-state index < -0.39 is 15.8 Å². The minimum absolute atomic E-state index is 0.0438. The summed E-state index contributed by atoms with van der Waals surface area (Å²) in [6, 6.07) is 15.2. The summed E-state index contributed by atoms with van der Waals surface area (Å²) >= 11 is 0. The minimum Gasteiger partial charge on any atom is -0.369 e. The molecule has 1 amide bonds. The van der Waals surface area contributed by atoms with E-state index in [4.69, 9.17) is 0 Å². The Labute approximate surface area is 202 Å². The highest BCUT2D eigenvalue weighted by atomic mass is 32.2. The molecule has 2 aromatic carbocycles. The first-order chi connectivity index (χ1) is 16.4. The van der Waals surface area contributed by atoms with Crippen LogP contribution in [0.4, 0.5) is 10.1 Å². The number of nitrogens with zero attached hydrogens (tertiary/aromatic N) is 3. The summed E-state index contributed by atoms with van der Waals surface area (Å²) in [5.41, 5.74) is 1.28. The molecule has 1 N–H and O–H groups in total. The van der Waals surface area contributed by atoms with Crippen molar-refractivity contribution >= 4 is 21.6 Å². The van der Waals surface area contributed by atoms with Gasteiger partial charge in [0, 0.05) is 58.4 Å². The number of sulfonamides is 1. The number of halogens is 1. The number of hydrogen-bond donors (Lipinski definition) is 1. The molecule has 7 nitrogen and oxygen atoms in total. The lowest BCUT2D eigenvalue weighted by molar-refractivity contribution is -0.121. The number of nitrogens with one attached hydrogen (secondary N) is 1. The molecule has 1 aliphatic rings. The minimum atomic E-state index is -3.68. The third kappa shape index (κ3) is 7.78. The smallest absolute Gasteiger partial charge is 0.242 e. The lowest BCUT2D eigenvalue weighted by Gasteiger charge is -2.36. The predicted molar refractivity (Wildman–Crippen MR) is 133 cm³/mol. The summed E-state index contributed by atoms with van der Waals surface area (Å²) in [5.74, 6) is -0.548. The van der Waals surface area contributed by atoms with Crippen molar-refractivity contribution in [2.75, 3.05) is 57.8 Å². The summed E-state index contributed by atoms with van der Waals surface area (Å²) in [7, 11) is -2.21. The molecule has 2 aromatic rings. The molecule has 1 fully saturated rings. The number of hydrogen-bond acceptors (Lipinski definition) is 5. The normalized spacial score (nSPS) is 15.0. The van der Waals surface area contributed by atoms with Gasteiger partial charge in [-0.3, -0.25) is 9.69 Å². The van der Waals surface area contributed by atoms with Gasteiger partial charge in [0.2, 0.25) is 15.9 Å². The Morgan fingerprint density at radius 2 is 1.65 bits per heavy atom. The molecule has 0 aliphatic carbocycles. The molecule has 0 bridgehead atoms. The van der Waals surface area contributed by atoms with E-state index >= 15 is 0 Å². The molecule has 34 heavy (non-hydrogen) atoms. The molecule has 0 aromatic heterocycles. The van der Waals surface area contributed by atoms with Crippen LogP contribution in [0.2, 0.25) is 0 Å². The topological polar surface area (TPSA) is 73.0 Å². The second kappa shape index (κ2) is 12.8. The van der Waals surface area contributed by atoms with Gasteiger partial charge in [-0.05, 0) is 62.2 Å². The average molecular weight is 491 g/mol. The summed E-state index contributed by atoms with van der Waals surface area (Å²) in [6.07, 6.45) is 2.65. The van der Waals surface area contributed by atoms with Gasteiger partial charge < -0.3 is 10.2 Å². The van der Waals surface area contributed by atoms with E-state index in [1.807, 2.05) is 6.07 Å². The lowest BCUT2D eigenvalue weighted by atomic mass is 10.2. The van der Waals surface area contributed by atoms with Crippen molar-refractivity contribution in [2.24, 2.45) is 0 Å². The fraction of sp³-hybridized carbons (Fsp3) is 0.480. The van der Waals surface area contributed by atoms with Gasteiger partial charge in [0.1, 0.15) is 5.82 Å². The highest BCUT2D eigenvalue weighted by Crippen LogP contribution is 2.16. The zero-order chi connectivity index (χ0) is 24.4. The van der Waals surface area contributed by atoms with Crippen LogP contribution in [0, 0.1) is 5.82 Å². The Balaban J connectivity index is 1.24. The maximum atomic E-state index is 13.0. The van der Waals surface area contributed by atoms with Gasteiger partial charge >= 0.3 is 0 Å². The Morgan fingerprint density at radius 3 is 2.32 bits per heavy atom. The van der Waals surface area contributed by atoms with Crippen molar-refractivity contribution in [3.05, 3.63) is 60.4 Å². The number of anilines is 1. The molecule has 1 aliphatic heterocycles. The van der Waals surface area contributed by atoms with E-state index in [2.05, 4.69) is 39.4 Å². The first-order valence-corrected chi connectivity index (χ1v) is 13.3. The average Bonchev–Trinajstić information content (AvgIpc) is 2.85. The molecule has 0 atom stereocenters. The number of benzene rings is 2. The van der Waals surface area contributed by atoms with E-state index in [0.29, 0.717) is 13.0 Å². The van der Waals surface area contributed by atoms with Crippen LogP contribution in [0.15, 0.2) is 59.5 Å². The molecule has 0 radical (unpaired) electrons. The van der Waals surface area contributed by atoms with Gasteiger partial charge in [0.25, 0.3) is 0 Å². The van der Waals surface area contributed by atoms with Crippen molar-refractivity contribution in [3.8, 4) is 0 Å². The van der Waals surface area contributed by atoms with Crippen molar-refractivity contribution in [1.29, 1.82) is 0 Å². The van der Waals surface area contributed by atoms with Gasteiger partial charge in [-0.1, -0.05) is 18.2 Å². The van der Waals surface area contributed by atoms with Gasteiger partial charge in [-0.25, -0.2) is 17.1 Å². The van der Waals surface area contributed by atoms with Crippen LogP contribution in [0.1, 0.15) is 25.7 Å². The maximum Gasteiger partial charge on any atom is 0.242 e. The maximum absolute atomic E-state index is 13.0. The van der Waals surface area contributed by atoms with Crippen molar-refractivity contribution in [1.82, 2.24) is 14.5 Å². The summed E-state index contributed by atoms with van der Waals surface area (Å²) in [5, 5.41) is 2.92. The molecule has 3 rings (SSSR count). The highest BCUT2D eigenvalue weighted by molar-refractivity contribution is 7.89. The molecule has 0 spiro atoms. The van der Waals surface area contributed by atoms with Crippen molar-refractivity contribution in [3.63, 3.8) is 0 Å². The van der Waals surface area contributed by atoms with E-state index in [-0.39, 0.29) is 23.8 Å². The molecule has 1 heterocycles.